The fourth-order valence-corrected chi connectivity index (χ4v) is 12.2. The van der Waals surface area contributed by atoms with Crippen molar-refractivity contribution in [2.45, 2.75) is 168 Å². The SMILES string of the molecule is Cc1cn([C@H]2C[C@H](OP(OCCC#N)N(C(C)C)C(C)C)[C@@H](/C=C/P(=O)(OCCCCCN3C(=O)c4ccccc4C3=O)O[C@H]3C[C@H](n4cc(C)c(=O)[nH]c4=O)O[C@@H]3COO[Si](C)(C)C(C)(C)C)O2)c(=O)[nH]c1=O. The fourth-order valence-electron chi connectivity index (χ4n) is 8.29. The molecule has 2 N–H and O–H groups in total. The minimum absolute atomic E-state index is 0.0479. The number of nitriles is 1. The number of carbonyl (C=O) groups excluding carboxylic acids is 2. The van der Waals surface area contributed by atoms with Crippen LogP contribution in [0.1, 0.15) is 131 Å². The maximum atomic E-state index is 15.5. The Morgan fingerprint density at radius 1 is 0.865 bits per heavy atom. The monoisotopic (exact) mass is 1090 g/mol. The second-order valence-corrected chi connectivity index (χ2v) is 28.6. The van der Waals surface area contributed by atoms with Crippen molar-refractivity contribution in [1.29, 1.82) is 5.26 Å². The van der Waals surface area contributed by atoms with E-state index in [2.05, 4.69) is 16.0 Å². The fraction of sp³-hybridized carbons (Fsp3) is 0.612. The Morgan fingerprint density at radius 3 is 1.99 bits per heavy atom. The number of rotatable bonds is 25. The Kier molecular flexibility index (Phi) is 19.9. The maximum absolute atomic E-state index is 15.5. The molecule has 6 rings (SSSR count). The first-order valence-corrected chi connectivity index (χ1v) is 30.6. The number of hydrogen-bond acceptors (Lipinski definition) is 17. The molecule has 0 spiro atoms. The van der Waals surface area contributed by atoms with E-state index in [1.807, 2.05) is 66.2 Å². The van der Waals surface area contributed by atoms with Crippen LogP contribution in [0.2, 0.25) is 18.1 Å². The van der Waals surface area contributed by atoms with Gasteiger partial charge in [-0.05, 0) is 97.1 Å². The molecule has 22 nitrogen and oxygen atoms in total. The first kappa shape index (κ1) is 58.7. The minimum atomic E-state index is -4.41. The van der Waals surface area contributed by atoms with Gasteiger partial charge in [-0.1, -0.05) is 32.9 Å². The summed E-state index contributed by atoms with van der Waals surface area (Å²) in [5.74, 6) is 0.526. The number of unbranched alkanes of at least 4 members (excludes halogenated alkanes) is 2. The summed E-state index contributed by atoms with van der Waals surface area (Å²) in [5.41, 5.74) is -1.35. The number of benzene rings is 1. The number of nitrogens with zero attached hydrogens (tertiary/aromatic N) is 5. The van der Waals surface area contributed by atoms with Crippen LogP contribution in [-0.2, 0) is 41.6 Å². The van der Waals surface area contributed by atoms with Gasteiger partial charge in [0.15, 0.2) is 0 Å². The summed E-state index contributed by atoms with van der Waals surface area (Å²) in [6, 6.07) is 8.62. The van der Waals surface area contributed by atoms with Crippen molar-refractivity contribution < 1.29 is 51.2 Å². The molecular formula is C49H71N7O15P2Si. The van der Waals surface area contributed by atoms with Crippen molar-refractivity contribution in [1.82, 2.24) is 28.7 Å². The Hall–Kier alpha value is -4.53. The minimum Gasteiger partial charge on any atom is -0.349 e. The lowest BCUT2D eigenvalue weighted by molar-refractivity contribution is -0.245. The molecular weight excluding hydrogens is 1020 g/mol. The van der Waals surface area contributed by atoms with Crippen molar-refractivity contribution in [3.63, 3.8) is 0 Å². The van der Waals surface area contributed by atoms with E-state index in [0.29, 0.717) is 30.4 Å². The molecule has 406 valence electrons. The number of carbonyl (C=O) groups is 2. The van der Waals surface area contributed by atoms with Gasteiger partial charge in [-0.3, -0.25) is 56.8 Å². The van der Waals surface area contributed by atoms with E-state index in [4.69, 9.17) is 37.0 Å². The second-order valence-electron chi connectivity index (χ2n) is 20.7. The molecule has 2 fully saturated rings. The van der Waals surface area contributed by atoms with Crippen molar-refractivity contribution >= 4 is 36.3 Å². The van der Waals surface area contributed by atoms with Gasteiger partial charge >= 0.3 is 19.0 Å². The number of aromatic amines is 2. The molecule has 0 bridgehead atoms. The summed E-state index contributed by atoms with van der Waals surface area (Å²) < 4.78 is 64.7. The summed E-state index contributed by atoms with van der Waals surface area (Å²) in [7, 11) is -8.72. The van der Waals surface area contributed by atoms with Gasteiger partial charge in [0, 0.05) is 60.8 Å². The van der Waals surface area contributed by atoms with Crippen molar-refractivity contribution in [3.8, 4) is 6.07 Å². The molecule has 0 saturated carbocycles. The molecule has 5 heterocycles. The quantitative estimate of drug-likeness (QED) is 0.0208. The van der Waals surface area contributed by atoms with Gasteiger partial charge in [0.1, 0.15) is 37.4 Å². The first-order valence-electron chi connectivity index (χ1n) is 24.9. The van der Waals surface area contributed by atoms with Gasteiger partial charge < -0.3 is 23.0 Å². The van der Waals surface area contributed by atoms with Gasteiger partial charge in [0.05, 0.1) is 42.9 Å². The van der Waals surface area contributed by atoms with Crippen LogP contribution in [0.4, 0.5) is 0 Å². The molecule has 74 heavy (non-hydrogen) atoms. The van der Waals surface area contributed by atoms with Gasteiger partial charge in [0.2, 0.25) is 8.32 Å². The summed E-state index contributed by atoms with van der Waals surface area (Å²) in [4.78, 5) is 89.0. The molecule has 3 aliphatic rings. The van der Waals surface area contributed by atoms with E-state index in [0.717, 1.165) is 0 Å². The van der Waals surface area contributed by atoms with Crippen molar-refractivity contribution in [2.24, 2.45) is 0 Å². The van der Waals surface area contributed by atoms with E-state index in [1.165, 1.54) is 38.3 Å². The Bertz CT molecular complexity index is 2790. The van der Waals surface area contributed by atoms with Crippen LogP contribution in [0, 0.1) is 25.2 Å². The van der Waals surface area contributed by atoms with Crippen molar-refractivity contribution in [2.75, 3.05) is 26.4 Å². The number of amides is 2. The third-order valence-electron chi connectivity index (χ3n) is 13.3. The number of ether oxygens (including phenoxy) is 2. The predicted molar refractivity (Wildman–Crippen MR) is 277 cm³/mol. The molecule has 1 aromatic carbocycles. The highest BCUT2D eigenvalue weighted by atomic mass is 31.2. The third kappa shape index (κ3) is 14.3. The second kappa shape index (κ2) is 25.1. The lowest BCUT2D eigenvalue weighted by Gasteiger charge is -2.37. The highest BCUT2D eigenvalue weighted by molar-refractivity contribution is 7.57. The Balaban J connectivity index is 1.32. The van der Waals surface area contributed by atoms with E-state index in [1.54, 1.807) is 38.1 Å². The summed E-state index contributed by atoms with van der Waals surface area (Å²) in [5, 5.41) is 9.15. The highest BCUT2D eigenvalue weighted by Crippen LogP contribution is 2.55. The molecule has 3 aliphatic heterocycles. The van der Waals surface area contributed by atoms with Crippen LogP contribution in [0.25, 0.3) is 0 Å². The molecule has 2 amide bonds. The smallest absolute Gasteiger partial charge is 0.349 e. The highest BCUT2D eigenvalue weighted by Gasteiger charge is 2.46. The van der Waals surface area contributed by atoms with Crippen molar-refractivity contribution in [3.05, 3.63) is 112 Å². The van der Waals surface area contributed by atoms with Crippen LogP contribution in [-0.4, -0.2) is 112 Å². The summed E-state index contributed by atoms with van der Waals surface area (Å²) in [6.45, 7) is 21.1. The van der Waals surface area contributed by atoms with Crippen LogP contribution < -0.4 is 22.5 Å². The third-order valence-corrected chi connectivity index (χ3v) is 21.3. The zero-order valence-corrected chi connectivity index (χ0v) is 46.9. The largest absolute Gasteiger partial charge is 0.354 e. The van der Waals surface area contributed by atoms with Crippen LogP contribution in [0.15, 0.2) is 67.7 Å². The average molecular weight is 1090 g/mol. The molecule has 2 unspecified atom stereocenters. The molecule has 3 aromatic rings. The van der Waals surface area contributed by atoms with E-state index in [-0.39, 0.29) is 85.7 Å². The molecule has 25 heteroatoms. The number of H-pyrrole nitrogens is 2. The number of imide groups is 1. The Labute approximate surface area is 432 Å². The normalized spacial score (nSPS) is 22.6. The number of fused-ring (bicyclic) bond motifs is 1. The molecule has 2 aromatic heterocycles. The number of aryl methyl sites for hydroxylation is 2. The number of hydrogen-bond donors (Lipinski definition) is 2. The van der Waals surface area contributed by atoms with Gasteiger partial charge in [-0.15, -0.1) is 0 Å². The number of aromatic nitrogens is 4. The molecule has 8 atom stereocenters. The zero-order chi connectivity index (χ0) is 54.3. The predicted octanol–water partition coefficient (Wildman–Crippen LogP) is 7.47. The molecule has 0 aliphatic carbocycles. The van der Waals surface area contributed by atoms with Gasteiger partial charge in [0.25, 0.3) is 31.5 Å². The first-order chi connectivity index (χ1) is 34.8. The van der Waals surface area contributed by atoms with Crippen LogP contribution >= 0.6 is 16.1 Å². The van der Waals surface area contributed by atoms with E-state index < -0.39 is 83.8 Å². The lowest BCUT2D eigenvalue weighted by atomic mass is 10.1. The van der Waals surface area contributed by atoms with E-state index >= 15 is 4.57 Å². The topological polar surface area (TPSA) is 265 Å². The van der Waals surface area contributed by atoms with E-state index in [9.17, 15) is 34.0 Å². The van der Waals surface area contributed by atoms with Gasteiger partial charge in [-0.2, -0.15) is 5.26 Å². The zero-order valence-electron chi connectivity index (χ0n) is 44.1. The average Bonchev–Trinajstić information content (AvgIpc) is 3.98. The van der Waals surface area contributed by atoms with Crippen LogP contribution in [0.5, 0.6) is 0 Å². The standard InChI is InChI=1S/C49H71N7O15P2Si/c1-31(2)56(32(3)4)72(65-23-17-21-50)69-38-26-41(54-28-33(5)43(57)51-47(54)61)67-37(38)20-25-73(63,66-24-16-12-15-22-53-45(59)35-18-13-14-19-36(35)46(53)60)70-39-27-42(55-29-34(6)44(58)52-48(55)62)68-40(39)30-64-71-74(10,11)49(7,8)9/h13-14,18-20,25,28-29,31-32,37-42H,12,15-17,22-24,26-27,30H2,1-11H3,(H,51,57,61)(H,52,58,62)/b25-20+/t37-,38+,39+,40-,41-,42-,72?,73?/m1/s1. The lowest BCUT2D eigenvalue weighted by Crippen LogP contribution is -2.42. The van der Waals surface area contributed by atoms with Gasteiger partial charge in [-0.25, -0.2) is 19.1 Å². The molecule has 0 radical (unpaired) electrons. The Morgan fingerprint density at radius 2 is 1.43 bits per heavy atom. The molecule has 2 saturated heterocycles. The summed E-state index contributed by atoms with van der Waals surface area (Å²) in [6.07, 6.45) is -0.330. The maximum Gasteiger partial charge on any atom is 0.354 e. The number of nitrogens with one attached hydrogen (secondary N) is 2. The summed E-state index contributed by atoms with van der Waals surface area (Å²) >= 11 is 0. The van der Waals surface area contributed by atoms with Crippen LogP contribution in [0.3, 0.4) is 0 Å².